The highest BCUT2D eigenvalue weighted by molar-refractivity contribution is 5.92. The maximum absolute atomic E-state index is 12.5. The molecule has 1 spiro atoms. The minimum Gasteiger partial charge on any atom is -0.496 e. The van der Waals surface area contributed by atoms with E-state index in [1.54, 1.807) is 7.11 Å². The van der Waals surface area contributed by atoms with Crippen molar-refractivity contribution in [3.05, 3.63) is 47.5 Å². The molecule has 1 amide bonds. The van der Waals surface area contributed by atoms with Gasteiger partial charge in [-0.3, -0.25) is 4.79 Å². The van der Waals surface area contributed by atoms with Gasteiger partial charge in [-0.15, -0.1) is 0 Å². The summed E-state index contributed by atoms with van der Waals surface area (Å²) in [6, 6.07) is 11.6. The maximum Gasteiger partial charge on any atom is 0.251 e. The predicted molar refractivity (Wildman–Crippen MR) is 116 cm³/mol. The molecule has 4 rings (SSSR count). The van der Waals surface area contributed by atoms with Crippen LogP contribution in [0.4, 0.5) is 5.69 Å². The van der Waals surface area contributed by atoms with Crippen LogP contribution >= 0.6 is 0 Å². The number of anilines is 1. The number of hydrogen-bond acceptors (Lipinski definition) is 5. The molecule has 1 saturated carbocycles. The Morgan fingerprint density at radius 1 is 1.10 bits per heavy atom. The Morgan fingerprint density at radius 3 is 2.63 bits per heavy atom. The largest absolute Gasteiger partial charge is 0.496 e. The van der Waals surface area contributed by atoms with Crippen LogP contribution in [0.5, 0.6) is 17.2 Å². The summed E-state index contributed by atoms with van der Waals surface area (Å²) in [6.45, 7) is 4.25. The van der Waals surface area contributed by atoms with Crippen molar-refractivity contribution < 1.29 is 19.0 Å². The Hall–Kier alpha value is -2.73. The number of fused-ring (bicyclic) bond motifs is 1. The third-order valence-corrected chi connectivity index (χ3v) is 5.86. The maximum atomic E-state index is 12.5. The van der Waals surface area contributed by atoms with Gasteiger partial charge in [-0.25, -0.2) is 0 Å². The van der Waals surface area contributed by atoms with Crippen LogP contribution in [-0.4, -0.2) is 25.3 Å². The van der Waals surface area contributed by atoms with Gasteiger partial charge >= 0.3 is 0 Å². The van der Waals surface area contributed by atoms with Gasteiger partial charge in [0.25, 0.3) is 5.79 Å². The van der Waals surface area contributed by atoms with E-state index in [1.807, 2.05) is 44.2 Å². The number of benzene rings is 2. The molecule has 0 saturated heterocycles. The lowest BCUT2D eigenvalue weighted by Crippen LogP contribution is -2.40. The summed E-state index contributed by atoms with van der Waals surface area (Å²) in [4.78, 5) is 12.5. The molecule has 2 aliphatic rings. The quantitative estimate of drug-likeness (QED) is 0.721. The Bertz CT molecular complexity index is 921. The van der Waals surface area contributed by atoms with Crippen molar-refractivity contribution in [1.82, 2.24) is 5.32 Å². The normalized spacial score (nSPS) is 17.6. The molecule has 0 bridgehead atoms. The van der Waals surface area contributed by atoms with Gasteiger partial charge in [-0.05, 0) is 44.9 Å². The third kappa shape index (κ3) is 4.38. The minimum absolute atomic E-state index is 0.0199. The molecule has 6 heteroatoms. The number of nitrogens with one attached hydrogen (secondary N) is 2. The standard InChI is InChI=1S/C24H30N2O4/c1-16-7-9-20(28-3)19(13-16)17(2)25-15-23(27)26-18-8-10-21-22(14-18)30-24(29-21)11-5-4-6-12-24/h7-10,13-14,17,25H,4-6,11-12,15H2,1-3H3,(H,26,27)/t17-/m0/s1. The highest BCUT2D eigenvalue weighted by Gasteiger charge is 2.42. The van der Waals surface area contributed by atoms with Gasteiger partial charge in [0.2, 0.25) is 5.91 Å². The van der Waals surface area contributed by atoms with Crippen molar-refractivity contribution in [1.29, 1.82) is 0 Å². The van der Waals surface area contributed by atoms with E-state index in [4.69, 9.17) is 14.2 Å². The number of amides is 1. The number of aryl methyl sites for hydroxylation is 1. The molecule has 0 radical (unpaired) electrons. The lowest BCUT2D eigenvalue weighted by Gasteiger charge is -2.31. The molecule has 1 aliphatic heterocycles. The predicted octanol–water partition coefficient (Wildman–Crippen LogP) is 4.72. The second kappa shape index (κ2) is 8.56. The molecule has 2 aromatic rings. The van der Waals surface area contributed by atoms with Gasteiger partial charge in [-0.2, -0.15) is 0 Å². The highest BCUT2D eigenvalue weighted by Crippen LogP contribution is 2.46. The van der Waals surface area contributed by atoms with Crippen LogP contribution in [0.1, 0.15) is 56.2 Å². The van der Waals surface area contributed by atoms with E-state index >= 15 is 0 Å². The lowest BCUT2D eigenvalue weighted by molar-refractivity contribution is -0.115. The minimum atomic E-state index is -0.507. The molecular weight excluding hydrogens is 380 g/mol. The summed E-state index contributed by atoms with van der Waals surface area (Å²) in [5, 5.41) is 6.21. The topological polar surface area (TPSA) is 68.8 Å². The number of hydrogen-bond donors (Lipinski definition) is 2. The fourth-order valence-electron chi connectivity index (χ4n) is 4.22. The van der Waals surface area contributed by atoms with E-state index in [0.29, 0.717) is 11.4 Å². The van der Waals surface area contributed by atoms with Crippen molar-refractivity contribution >= 4 is 11.6 Å². The van der Waals surface area contributed by atoms with Crippen LogP contribution in [0.2, 0.25) is 0 Å². The van der Waals surface area contributed by atoms with Crippen molar-refractivity contribution in [3.63, 3.8) is 0 Å². The molecule has 0 unspecified atom stereocenters. The van der Waals surface area contributed by atoms with Gasteiger partial charge in [0, 0.05) is 36.2 Å². The summed E-state index contributed by atoms with van der Waals surface area (Å²) in [5.41, 5.74) is 2.89. The SMILES string of the molecule is COc1ccc(C)cc1[C@H](C)NCC(=O)Nc1ccc2c(c1)OC1(CCCCC1)O2. The first-order valence-corrected chi connectivity index (χ1v) is 10.7. The van der Waals surface area contributed by atoms with Crippen molar-refractivity contribution in [2.24, 2.45) is 0 Å². The van der Waals surface area contributed by atoms with Crippen molar-refractivity contribution in [2.75, 3.05) is 19.0 Å². The highest BCUT2D eigenvalue weighted by atomic mass is 16.7. The fraction of sp³-hybridized carbons (Fsp3) is 0.458. The molecule has 2 N–H and O–H groups in total. The van der Waals surface area contributed by atoms with Crippen LogP contribution in [0.25, 0.3) is 0 Å². The molecular formula is C24H30N2O4. The lowest BCUT2D eigenvalue weighted by atomic mass is 9.94. The van der Waals surface area contributed by atoms with Crippen molar-refractivity contribution in [3.8, 4) is 17.2 Å². The van der Waals surface area contributed by atoms with E-state index in [-0.39, 0.29) is 18.5 Å². The molecule has 6 nitrogen and oxygen atoms in total. The molecule has 2 aromatic carbocycles. The van der Waals surface area contributed by atoms with Crippen molar-refractivity contribution in [2.45, 2.75) is 57.8 Å². The van der Waals surface area contributed by atoms with Crippen LogP contribution in [0, 0.1) is 6.92 Å². The van der Waals surface area contributed by atoms with E-state index in [0.717, 1.165) is 48.3 Å². The zero-order valence-electron chi connectivity index (χ0n) is 17.9. The monoisotopic (exact) mass is 410 g/mol. The molecule has 0 aromatic heterocycles. The van der Waals surface area contributed by atoms with Gasteiger partial charge in [-0.1, -0.05) is 24.1 Å². The average molecular weight is 411 g/mol. The Morgan fingerprint density at radius 2 is 1.87 bits per heavy atom. The van der Waals surface area contributed by atoms with Gasteiger partial charge in [0.15, 0.2) is 11.5 Å². The van der Waals surface area contributed by atoms with Crippen LogP contribution < -0.4 is 24.8 Å². The first-order chi connectivity index (χ1) is 14.5. The molecule has 1 aliphatic carbocycles. The zero-order chi connectivity index (χ0) is 21.1. The smallest absolute Gasteiger partial charge is 0.251 e. The second-order valence-electron chi connectivity index (χ2n) is 8.23. The van der Waals surface area contributed by atoms with Crippen LogP contribution in [0.15, 0.2) is 36.4 Å². The fourth-order valence-corrected chi connectivity index (χ4v) is 4.22. The van der Waals surface area contributed by atoms with Gasteiger partial charge < -0.3 is 24.8 Å². The second-order valence-corrected chi connectivity index (χ2v) is 8.23. The number of methoxy groups -OCH3 is 1. The summed E-state index contributed by atoms with van der Waals surface area (Å²) < 4.78 is 17.7. The molecule has 1 fully saturated rings. The van der Waals surface area contributed by atoms with Crippen LogP contribution in [0.3, 0.4) is 0 Å². The molecule has 30 heavy (non-hydrogen) atoms. The first kappa shape index (κ1) is 20.5. The summed E-state index contributed by atoms with van der Waals surface area (Å²) >= 11 is 0. The third-order valence-electron chi connectivity index (χ3n) is 5.86. The van der Waals surface area contributed by atoms with E-state index in [2.05, 4.69) is 16.7 Å². The number of ether oxygens (including phenoxy) is 3. The van der Waals surface area contributed by atoms with Gasteiger partial charge in [0.05, 0.1) is 13.7 Å². The molecule has 1 heterocycles. The summed E-state index contributed by atoms with van der Waals surface area (Å²) in [7, 11) is 1.66. The number of carbonyl (C=O) groups excluding carboxylic acids is 1. The molecule has 1 atom stereocenters. The van der Waals surface area contributed by atoms with Crippen LogP contribution in [-0.2, 0) is 4.79 Å². The number of rotatable bonds is 6. The zero-order valence-corrected chi connectivity index (χ0v) is 17.9. The van der Waals surface area contributed by atoms with E-state index in [9.17, 15) is 4.79 Å². The van der Waals surface area contributed by atoms with Gasteiger partial charge in [0.1, 0.15) is 5.75 Å². The van der Waals surface area contributed by atoms with E-state index < -0.39 is 5.79 Å². The number of carbonyl (C=O) groups is 1. The Kier molecular flexibility index (Phi) is 5.86. The van der Waals surface area contributed by atoms with E-state index in [1.165, 1.54) is 6.42 Å². The first-order valence-electron chi connectivity index (χ1n) is 10.7. The average Bonchev–Trinajstić information content (AvgIpc) is 3.08. The molecule has 160 valence electrons. The Balaban J connectivity index is 1.34. The summed E-state index contributed by atoms with van der Waals surface area (Å²) in [6.07, 6.45) is 5.29. The Labute approximate surface area is 177 Å². The summed E-state index contributed by atoms with van der Waals surface area (Å²) in [5.74, 6) is 1.66.